The molecule has 5 nitrogen and oxygen atoms in total. The third-order valence-corrected chi connectivity index (χ3v) is 8.16. The van der Waals surface area contributed by atoms with E-state index in [4.69, 9.17) is 9.40 Å². The van der Waals surface area contributed by atoms with Crippen molar-refractivity contribution in [2.24, 2.45) is 0 Å². The molecule has 0 N–H and O–H groups in total. The van der Waals surface area contributed by atoms with Gasteiger partial charge in [0.1, 0.15) is 16.8 Å². The monoisotopic (exact) mass is 527 g/mol. The summed E-state index contributed by atoms with van der Waals surface area (Å²) in [7, 11) is 0. The molecule has 0 saturated carbocycles. The summed E-state index contributed by atoms with van der Waals surface area (Å²) < 4.78 is 10.8. The second kappa shape index (κ2) is 8.16. The van der Waals surface area contributed by atoms with Crippen molar-refractivity contribution in [3.8, 4) is 11.4 Å². The van der Waals surface area contributed by atoms with Crippen molar-refractivity contribution in [1.82, 2.24) is 14.1 Å². The summed E-state index contributed by atoms with van der Waals surface area (Å²) in [5.74, 6) is 0. The molecule has 0 atom stereocenters. The molecule has 0 radical (unpaired) electrons. The van der Waals surface area contributed by atoms with E-state index < -0.39 is 0 Å². The van der Waals surface area contributed by atoms with Crippen LogP contribution in [0.25, 0.3) is 77.1 Å². The first-order chi connectivity index (χ1) is 20.3. The highest BCUT2D eigenvalue weighted by atomic mass is 16.3. The fraction of sp³-hybridized carbons (Fsp3) is 0. The molecular weight excluding hydrogens is 506 g/mol. The van der Waals surface area contributed by atoms with Crippen molar-refractivity contribution in [3.63, 3.8) is 0 Å². The van der Waals surface area contributed by atoms with Gasteiger partial charge in [0.25, 0.3) is 0 Å². The van der Waals surface area contributed by atoms with Gasteiger partial charge in [-0.25, -0.2) is 4.98 Å². The summed E-state index contributed by atoms with van der Waals surface area (Å²) in [6, 6.07) is 40.8. The van der Waals surface area contributed by atoms with Crippen molar-refractivity contribution in [2.45, 2.75) is 0 Å². The Labute approximate surface area is 233 Å². The highest BCUT2D eigenvalue weighted by molar-refractivity contribution is 6.25. The minimum Gasteiger partial charge on any atom is -0.456 e. The zero-order chi connectivity index (χ0) is 27.1. The molecule has 4 aromatic heterocycles. The molecule has 0 fully saturated rings. The van der Waals surface area contributed by atoms with E-state index in [2.05, 4.69) is 75.9 Å². The Morgan fingerprint density at radius 1 is 0.537 bits per heavy atom. The van der Waals surface area contributed by atoms with Gasteiger partial charge in [0.05, 0.1) is 33.0 Å². The summed E-state index contributed by atoms with van der Waals surface area (Å²) >= 11 is 0. The van der Waals surface area contributed by atoms with Gasteiger partial charge in [-0.05, 0) is 60.7 Å². The van der Waals surface area contributed by atoms with E-state index in [0.29, 0.717) is 21.9 Å². The number of nitrogens with zero attached hydrogens (tertiary/aromatic N) is 3. The van der Waals surface area contributed by atoms with Crippen LogP contribution in [0, 0.1) is 0 Å². The lowest BCUT2D eigenvalue weighted by atomic mass is 10.1. The van der Waals surface area contributed by atoms with Crippen LogP contribution in [0.3, 0.4) is 0 Å². The Morgan fingerprint density at radius 2 is 1.27 bits per heavy atom. The van der Waals surface area contributed by atoms with Crippen LogP contribution in [0.4, 0.5) is 0 Å². The molecular formula is C36H21N3O2. The standard InChI is InChI=1S/C36H21N3O2/c40-35-26-12-5-7-15-31(26)41-32-21-23(16-17-27(32)35)39-30-19-18-25-24-11-4-6-14-29(24)38(22-9-2-1-3-10-22)34(25)33(30)28-13-8-20-37-36(28)39/h1-21H. The van der Waals surface area contributed by atoms with Crippen LogP contribution in [0.2, 0.25) is 0 Å². The average Bonchev–Trinajstić information content (AvgIpc) is 3.54. The first kappa shape index (κ1) is 22.2. The number of benzene rings is 5. The van der Waals surface area contributed by atoms with E-state index >= 15 is 0 Å². The van der Waals surface area contributed by atoms with E-state index in [-0.39, 0.29) is 5.43 Å². The van der Waals surface area contributed by atoms with Crippen molar-refractivity contribution < 1.29 is 4.42 Å². The predicted molar refractivity (Wildman–Crippen MR) is 166 cm³/mol. The number of hydrogen-bond acceptors (Lipinski definition) is 3. The fourth-order valence-corrected chi connectivity index (χ4v) is 6.42. The Hall–Kier alpha value is -5.68. The number of hydrogen-bond donors (Lipinski definition) is 0. The van der Waals surface area contributed by atoms with Crippen LogP contribution in [0.15, 0.2) is 137 Å². The molecule has 0 saturated heterocycles. The Morgan fingerprint density at radius 3 is 2.17 bits per heavy atom. The zero-order valence-electron chi connectivity index (χ0n) is 21.8. The van der Waals surface area contributed by atoms with Crippen molar-refractivity contribution in [2.75, 3.05) is 0 Å². The molecule has 0 amide bonds. The third kappa shape index (κ3) is 3.00. The van der Waals surface area contributed by atoms with E-state index in [1.807, 2.05) is 60.8 Å². The lowest BCUT2D eigenvalue weighted by Crippen LogP contribution is -2.03. The van der Waals surface area contributed by atoms with Crippen molar-refractivity contribution >= 4 is 65.7 Å². The van der Waals surface area contributed by atoms with Gasteiger partial charge in [-0.2, -0.15) is 0 Å². The quantitative estimate of drug-likeness (QED) is 0.212. The molecule has 0 aliphatic rings. The van der Waals surface area contributed by atoms with Gasteiger partial charge in [0.2, 0.25) is 5.43 Å². The second-order valence-electron chi connectivity index (χ2n) is 10.4. The average molecular weight is 528 g/mol. The molecule has 0 aliphatic carbocycles. The van der Waals surface area contributed by atoms with Gasteiger partial charge in [0, 0.05) is 39.5 Å². The molecule has 0 bridgehead atoms. The first-order valence-corrected chi connectivity index (χ1v) is 13.6. The largest absolute Gasteiger partial charge is 0.456 e. The maximum atomic E-state index is 13.2. The number of rotatable bonds is 2. The highest BCUT2D eigenvalue weighted by Crippen LogP contribution is 2.41. The van der Waals surface area contributed by atoms with Gasteiger partial charge < -0.3 is 8.98 Å². The van der Waals surface area contributed by atoms with Gasteiger partial charge in [-0.3, -0.25) is 9.36 Å². The van der Waals surface area contributed by atoms with Gasteiger partial charge >= 0.3 is 0 Å². The lowest BCUT2D eigenvalue weighted by molar-refractivity contribution is 0.659. The Bertz CT molecular complexity index is 2550. The topological polar surface area (TPSA) is 53.0 Å². The molecule has 0 unspecified atom stereocenters. The smallest absolute Gasteiger partial charge is 0.200 e. The minimum absolute atomic E-state index is 0.0252. The number of pyridine rings is 1. The minimum atomic E-state index is -0.0252. The Balaban J connectivity index is 1.44. The summed E-state index contributed by atoms with van der Waals surface area (Å²) in [5.41, 5.74) is 7.29. The molecule has 9 rings (SSSR count). The molecule has 0 spiro atoms. The number of para-hydroxylation sites is 3. The molecule has 4 heterocycles. The highest BCUT2D eigenvalue weighted by Gasteiger charge is 2.21. The molecule has 5 aromatic carbocycles. The van der Waals surface area contributed by atoms with E-state index in [1.165, 1.54) is 10.8 Å². The molecule has 41 heavy (non-hydrogen) atoms. The van der Waals surface area contributed by atoms with Crippen LogP contribution < -0.4 is 5.43 Å². The van der Waals surface area contributed by atoms with Crippen LogP contribution >= 0.6 is 0 Å². The zero-order valence-corrected chi connectivity index (χ0v) is 21.8. The van der Waals surface area contributed by atoms with Gasteiger partial charge in [-0.1, -0.05) is 54.6 Å². The van der Waals surface area contributed by atoms with Gasteiger partial charge in [-0.15, -0.1) is 0 Å². The summed E-state index contributed by atoms with van der Waals surface area (Å²) in [5, 5.41) is 5.74. The second-order valence-corrected chi connectivity index (χ2v) is 10.4. The van der Waals surface area contributed by atoms with E-state index in [0.717, 1.165) is 44.3 Å². The third-order valence-electron chi connectivity index (χ3n) is 8.16. The fourth-order valence-electron chi connectivity index (χ4n) is 6.42. The lowest BCUT2D eigenvalue weighted by Gasteiger charge is -2.10. The van der Waals surface area contributed by atoms with E-state index in [1.54, 1.807) is 0 Å². The van der Waals surface area contributed by atoms with Crippen LogP contribution in [-0.4, -0.2) is 14.1 Å². The van der Waals surface area contributed by atoms with E-state index in [9.17, 15) is 4.79 Å². The number of fused-ring (bicyclic) bond motifs is 9. The van der Waals surface area contributed by atoms with Crippen LogP contribution in [0.5, 0.6) is 0 Å². The first-order valence-electron chi connectivity index (χ1n) is 13.6. The van der Waals surface area contributed by atoms with Crippen LogP contribution in [0.1, 0.15) is 0 Å². The molecule has 192 valence electrons. The normalized spacial score (nSPS) is 12.0. The maximum absolute atomic E-state index is 13.2. The van der Waals surface area contributed by atoms with Crippen LogP contribution in [-0.2, 0) is 0 Å². The summed E-state index contributed by atoms with van der Waals surface area (Å²) in [6.07, 6.45) is 1.83. The number of aromatic nitrogens is 3. The predicted octanol–water partition coefficient (Wildman–Crippen LogP) is 8.54. The van der Waals surface area contributed by atoms with Crippen molar-refractivity contribution in [3.05, 3.63) is 138 Å². The summed E-state index contributed by atoms with van der Waals surface area (Å²) in [4.78, 5) is 18.1. The molecule has 9 aromatic rings. The molecule has 0 aliphatic heterocycles. The Kier molecular flexibility index (Phi) is 4.41. The maximum Gasteiger partial charge on any atom is 0.200 e. The molecule has 5 heteroatoms. The SMILES string of the molecule is O=c1c2ccccc2oc2cc(-n3c4ccc5c6ccccc6n(-c6ccccc6)c5c4c4cccnc43)ccc12. The summed E-state index contributed by atoms with van der Waals surface area (Å²) in [6.45, 7) is 0. The van der Waals surface area contributed by atoms with Gasteiger partial charge in [0.15, 0.2) is 0 Å². The van der Waals surface area contributed by atoms with Crippen molar-refractivity contribution in [1.29, 1.82) is 0 Å².